The van der Waals surface area contributed by atoms with Gasteiger partial charge in [-0.05, 0) is 30.7 Å². The van der Waals surface area contributed by atoms with Gasteiger partial charge in [-0.3, -0.25) is 4.79 Å². The molecule has 0 aliphatic heterocycles. The lowest BCUT2D eigenvalue weighted by Crippen LogP contribution is -2.23. The molecule has 0 radical (unpaired) electrons. The van der Waals surface area contributed by atoms with Crippen molar-refractivity contribution in [2.24, 2.45) is 0 Å². The van der Waals surface area contributed by atoms with Crippen LogP contribution in [-0.4, -0.2) is 20.7 Å². The minimum atomic E-state index is -0.138. The van der Waals surface area contributed by atoms with Gasteiger partial charge in [-0.15, -0.1) is 11.3 Å². The number of carbonyl (C=O) groups excluding carboxylic acids is 1. The second-order valence-electron chi connectivity index (χ2n) is 7.68. The van der Waals surface area contributed by atoms with Gasteiger partial charge in [0.25, 0.3) is 5.91 Å². The molecule has 6 heteroatoms. The highest BCUT2D eigenvalue weighted by Crippen LogP contribution is 2.29. The standard InChI is InChI=1S/C27H22N4OS/c1-19-24(17-29-31(19)23-13-6-3-7-14-23)26(32)28-16-20-9-8-12-22(15-20)27-30-25(18-33-27)21-10-4-2-5-11-21/h2-15,17-18H,16H2,1H3,(H,28,32). The molecule has 0 saturated carbocycles. The number of nitrogens with one attached hydrogen (secondary N) is 1. The van der Waals surface area contributed by atoms with Crippen LogP contribution < -0.4 is 5.32 Å². The fraction of sp³-hybridized carbons (Fsp3) is 0.0741. The van der Waals surface area contributed by atoms with Gasteiger partial charge in [0.2, 0.25) is 0 Å². The quantitative estimate of drug-likeness (QED) is 0.350. The van der Waals surface area contributed by atoms with Gasteiger partial charge < -0.3 is 5.32 Å². The van der Waals surface area contributed by atoms with Gasteiger partial charge in [-0.1, -0.05) is 66.7 Å². The Bertz CT molecular complexity index is 1390. The van der Waals surface area contributed by atoms with Gasteiger partial charge in [0.1, 0.15) is 5.01 Å². The van der Waals surface area contributed by atoms with Gasteiger partial charge in [-0.2, -0.15) is 5.10 Å². The first-order valence-electron chi connectivity index (χ1n) is 10.7. The van der Waals surface area contributed by atoms with E-state index in [4.69, 9.17) is 4.98 Å². The summed E-state index contributed by atoms with van der Waals surface area (Å²) in [6.45, 7) is 2.34. The summed E-state index contributed by atoms with van der Waals surface area (Å²) < 4.78 is 1.78. The van der Waals surface area contributed by atoms with Crippen LogP contribution in [0.15, 0.2) is 96.5 Å². The Morgan fingerprint density at radius 1 is 0.939 bits per heavy atom. The number of amides is 1. The average Bonchev–Trinajstić information content (AvgIpc) is 3.51. The van der Waals surface area contributed by atoms with E-state index >= 15 is 0 Å². The summed E-state index contributed by atoms with van der Waals surface area (Å²) in [6, 6.07) is 28.1. The van der Waals surface area contributed by atoms with E-state index in [9.17, 15) is 4.79 Å². The fourth-order valence-electron chi connectivity index (χ4n) is 3.70. The molecule has 0 unspecified atom stereocenters. The summed E-state index contributed by atoms with van der Waals surface area (Å²) in [5.74, 6) is -0.138. The van der Waals surface area contributed by atoms with E-state index in [-0.39, 0.29) is 5.91 Å². The summed E-state index contributed by atoms with van der Waals surface area (Å²) in [5, 5.41) is 10.4. The molecular weight excluding hydrogens is 428 g/mol. The maximum Gasteiger partial charge on any atom is 0.255 e. The summed E-state index contributed by atoms with van der Waals surface area (Å²) >= 11 is 1.62. The average molecular weight is 451 g/mol. The molecule has 0 spiro atoms. The van der Waals surface area contributed by atoms with Crippen molar-refractivity contribution in [3.05, 3.63) is 113 Å². The normalized spacial score (nSPS) is 10.8. The Morgan fingerprint density at radius 2 is 1.67 bits per heavy atom. The van der Waals surface area contributed by atoms with Crippen LogP contribution in [0.3, 0.4) is 0 Å². The van der Waals surface area contributed by atoms with Gasteiger partial charge in [0.05, 0.1) is 28.8 Å². The molecule has 162 valence electrons. The highest BCUT2D eigenvalue weighted by atomic mass is 32.1. The third-order valence-corrected chi connectivity index (χ3v) is 6.35. The first-order valence-corrected chi connectivity index (χ1v) is 11.6. The van der Waals surface area contributed by atoms with Crippen molar-refractivity contribution in [1.82, 2.24) is 20.1 Å². The molecule has 5 rings (SSSR count). The van der Waals surface area contributed by atoms with Gasteiger partial charge in [0, 0.05) is 23.1 Å². The van der Waals surface area contributed by atoms with Crippen molar-refractivity contribution >= 4 is 17.2 Å². The number of para-hydroxylation sites is 1. The maximum absolute atomic E-state index is 12.8. The Morgan fingerprint density at radius 3 is 2.45 bits per heavy atom. The lowest BCUT2D eigenvalue weighted by molar-refractivity contribution is 0.0950. The summed E-state index contributed by atoms with van der Waals surface area (Å²) in [6.07, 6.45) is 1.62. The van der Waals surface area contributed by atoms with Gasteiger partial charge in [0.15, 0.2) is 0 Å². The van der Waals surface area contributed by atoms with Gasteiger partial charge >= 0.3 is 0 Å². The minimum absolute atomic E-state index is 0.138. The lowest BCUT2D eigenvalue weighted by Gasteiger charge is -2.07. The zero-order valence-corrected chi connectivity index (χ0v) is 18.9. The van der Waals surface area contributed by atoms with E-state index in [2.05, 4.69) is 34.0 Å². The van der Waals surface area contributed by atoms with Crippen LogP contribution in [0.4, 0.5) is 0 Å². The summed E-state index contributed by atoms with van der Waals surface area (Å²) in [4.78, 5) is 17.6. The largest absolute Gasteiger partial charge is 0.348 e. The number of thiazole rings is 1. The molecule has 5 nitrogen and oxygen atoms in total. The number of carbonyl (C=O) groups is 1. The zero-order valence-electron chi connectivity index (χ0n) is 18.1. The third-order valence-electron chi connectivity index (χ3n) is 5.46. The SMILES string of the molecule is Cc1c(C(=O)NCc2cccc(-c3nc(-c4ccccc4)cs3)c2)cnn1-c1ccccc1. The summed E-state index contributed by atoms with van der Waals surface area (Å²) in [7, 11) is 0. The molecule has 2 aromatic heterocycles. The highest BCUT2D eigenvalue weighted by Gasteiger charge is 2.15. The molecule has 1 amide bonds. The van der Waals surface area contributed by atoms with E-state index in [0.717, 1.165) is 38.8 Å². The van der Waals surface area contributed by atoms with Crippen LogP contribution >= 0.6 is 11.3 Å². The van der Waals surface area contributed by atoms with Crippen LogP contribution in [0.1, 0.15) is 21.6 Å². The molecule has 0 saturated heterocycles. The Labute approximate surface area is 196 Å². The number of aromatic nitrogens is 3. The number of rotatable bonds is 6. The van der Waals surface area contributed by atoms with Crippen LogP contribution in [0.5, 0.6) is 0 Å². The molecule has 1 N–H and O–H groups in total. The molecule has 0 aliphatic carbocycles. The van der Waals surface area contributed by atoms with Crippen molar-refractivity contribution < 1.29 is 4.79 Å². The number of nitrogens with zero attached hydrogens (tertiary/aromatic N) is 3. The fourth-order valence-corrected chi connectivity index (χ4v) is 4.53. The van der Waals surface area contributed by atoms with Crippen molar-refractivity contribution in [2.75, 3.05) is 0 Å². The molecule has 0 bridgehead atoms. The van der Waals surface area contributed by atoms with Crippen LogP contribution in [0.25, 0.3) is 27.5 Å². The molecule has 33 heavy (non-hydrogen) atoms. The summed E-state index contributed by atoms with van der Waals surface area (Å²) in [5.41, 5.74) is 6.45. The Kier molecular flexibility index (Phi) is 5.83. The molecule has 0 fully saturated rings. The molecule has 2 heterocycles. The minimum Gasteiger partial charge on any atom is -0.348 e. The smallest absolute Gasteiger partial charge is 0.255 e. The van der Waals surface area contributed by atoms with Crippen molar-refractivity contribution in [3.8, 4) is 27.5 Å². The number of hydrogen-bond donors (Lipinski definition) is 1. The van der Waals surface area contributed by atoms with Crippen LogP contribution in [0, 0.1) is 6.92 Å². The first-order chi connectivity index (χ1) is 16.2. The van der Waals surface area contributed by atoms with Crippen molar-refractivity contribution in [2.45, 2.75) is 13.5 Å². The third kappa shape index (κ3) is 4.47. The first kappa shape index (κ1) is 20.8. The molecular formula is C27H22N4OS. The van der Waals surface area contributed by atoms with E-state index in [1.807, 2.05) is 73.7 Å². The molecule has 3 aromatic carbocycles. The maximum atomic E-state index is 12.8. The number of benzene rings is 3. The van der Waals surface area contributed by atoms with E-state index in [1.54, 1.807) is 22.2 Å². The van der Waals surface area contributed by atoms with Crippen molar-refractivity contribution in [3.63, 3.8) is 0 Å². The van der Waals surface area contributed by atoms with E-state index in [0.29, 0.717) is 12.1 Å². The Balaban J connectivity index is 1.29. The Hall–Kier alpha value is -4.03. The zero-order chi connectivity index (χ0) is 22.6. The van der Waals surface area contributed by atoms with E-state index in [1.165, 1.54) is 0 Å². The lowest BCUT2D eigenvalue weighted by atomic mass is 10.1. The van der Waals surface area contributed by atoms with Crippen LogP contribution in [0.2, 0.25) is 0 Å². The second-order valence-corrected chi connectivity index (χ2v) is 8.54. The van der Waals surface area contributed by atoms with E-state index < -0.39 is 0 Å². The van der Waals surface area contributed by atoms with Gasteiger partial charge in [-0.25, -0.2) is 9.67 Å². The molecule has 5 aromatic rings. The highest BCUT2D eigenvalue weighted by molar-refractivity contribution is 7.13. The second kappa shape index (κ2) is 9.22. The number of hydrogen-bond acceptors (Lipinski definition) is 4. The monoisotopic (exact) mass is 450 g/mol. The van der Waals surface area contributed by atoms with Crippen LogP contribution in [-0.2, 0) is 6.54 Å². The predicted molar refractivity (Wildman–Crippen MR) is 132 cm³/mol. The molecule has 0 atom stereocenters. The topological polar surface area (TPSA) is 59.8 Å². The molecule has 0 aliphatic rings. The predicted octanol–water partition coefficient (Wildman–Crippen LogP) is 5.90. The van der Waals surface area contributed by atoms with Crippen molar-refractivity contribution in [1.29, 1.82) is 0 Å².